The van der Waals surface area contributed by atoms with E-state index in [0.717, 1.165) is 12.1 Å². The molecule has 0 saturated heterocycles. The molecule has 0 saturated carbocycles. The van der Waals surface area contributed by atoms with E-state index >= 15 is 0 Å². The molecule has 0 amide bonds. The van der Waals surface area contributed by atoms with Crippen molar-refractivity contribution in [1.82, 2.24) is 4.98 Å². The molecule has 1 heterocycles. The van der Waals surface area contributed by atoms with Crippen molar-refractivity contribution in [2.75, 3.05) is 0 Å². The molecule has 0 aliphatic heterocycles. The molecule has 6 heteroatoms. The average Bonchev–Trinajstić information content (AvgIpc) is 2.74. The summed E-state index contributed by atoms with van der Waals surface area (Å²) >= 11 is 0. The Kier molecular flexibility index (Phi) is 2.90. The number of hydrogen-bond donors (Lipinski definition) is 2. The molecule has 0 atom stereocenters. The number of nitrogens with zero attached hydrogens (tertiary/aromatic N) is 2. The van der Waals surface area contributed by atoms with E-state index in [4.69, 9.17) is 0 Å². The van der Waals surface area contributed by atoms with Gasteiger partial charge < -0.3 is 10.1 Å². The topological polar surface area (TPSA) is 60.7 Å². The molecule has 20 heavy (non-hydrogen) atoms. The van der Waals surface area contributed by atoms with Crippen LogP contribution < -0.4 is 0 Å². The van der Waals surface area contributed by atoms with Crippen molar-refractivity contribution >= 4 is 22.3 Å². The van der Waals surface area contributed by atoms with Crippen molar-refractivity contribution in [3.05, 3.63) is 54.1 Å². The van der Waals surface area contributed by atoms with E-state index < -0.39 is 11.6 Å². The van der Waals surface area contributed by atoms with Crippen molar-refractivity contribution in [3.8, 4) is 5.88 Å². The van der Waals surface area contributed by atoms with Gasteiger partial charge in [0.15, 0.2) is 11.5 Å². The summed E-state index contributed by atoms with van der Waals surface area (Å²) in [5, 5.41) is 18.0. The Labute approximate surface area is 112 Å². The lowest BCUT2D eigenvalue weighted by molar-refractivity contribution is 0.459. The minimum atomic E-state index is -0.812. The Balaban J connectivity index is 2.04. The third-order valence-electron chi connectivity index (χ3n) is 2.83. The number of hydrogen-bond acceptors (Lipinski definition) is 3. The fraction of sp³-hybridized carbons (Fsp3) is 0. The SMILES string of the molecule is Oc1[nH]c2ccccc2c1N=Nc1ccc(F)cc1F. The fourth-order valence-corrected chi connectivity index (χ4v) is 1.88. The number of aromatic hydroxyl groups is 1. The summed E-state index contributed by atoms with van der Waals surface area (Å²) in [6, 6.07) is 10.1. The fourth-order valence-electron chi connectivity index (χ4n) is 1.88. The van der Waals surface area contributed by atoms with E-state index in [1.54, 1.807) is 24.3 Å². The van der Waals surface area contributed by atoms with Gasteiger partial charge in [0.2, 0.25) is 5.88 Å². The van der Waals surface area contributed by atoms with Crippen molar-refractivity contribution in [1.29, 1.82) is 0 Å². The van der Waals surface area contributed by atoms with E-state index in [0.29, 0.717) is 10.9 Å². The molecule has 2 N–H and O–H groups in total. The maximum Gasteiger partial charge on any atom is 0.218 e. The van der Waals surface area contributed by atoms with Crippen molar-refractivity contribution in [2.24, 2.45) is 10.2 Å². The van der Waals surface area contributed by atoms with Crippen LogP contribution in [0.4, 0.5) is 20.2 Å². The summed E-state index contributed by atoms with van der Waals surface area (Å²) in [4.78, 5) is 2.74. The highest BCUT2D eigenvalue weighted by molar-refractivity contribution is 5.94. The van der Waals surface area contributed by atoms with Gasteiger partial charge in [0.05, 0.1) is 5.52 Å². The van der Waals surface area contributed by atoms with Crippen LogP contribution in [0.25, 0.3) is 10.9 Å². The largest absolute Gasteiger partial charge is 0.493 e. The molecule has 0 radical (unpaired) electrons. The molecule has 3 aromatic rings. The highest BCUT2D eigenvalue weighted by Crippen LogP contribution is 2.36. The summed E-state index contributed by atoms with van der Waals surface area (Å²) in [6.07, 6.45) is 0. The van der Waals surface area contributed by atoms with Gasteiger partial charge in [-0.3, -0.25) is 0 Å². The van der Waals surface area contributed by atoms with Gasteiger partial charge in [-0.15, -0.1) is 10.2 Å². The van der Waals surface area contributed by atoms with Crippen LogP contribution in [-0.4, -0.2) is 10.1 Å². The van der Waals surface area contributed by atoms with Crippen molar-refractivity contribution in [2.45, 2.75) is 0 Å². The Morgan fingerprint density at radius 2 is 1.80 bits per heavy atom. The first-order valence-electron chi connectivity index (χ1n) is 5.81. The zero-order valence-corrected chi connectivity index (χ0v) is 10.1. The molecule has 2 aromatic carbocycles. The van der Waals surface area contributed by atoms with Crippen molar-refractivity contribution < 1.29 is 13.9 Å². The van der Waals surface area contributed by atoms with Crippen LogP contribution in [0, 0.1) is 11.6 Å². The minimum absolute atomic E-state index is 0.101. The second-order valence-corrected chi connectivity index (χ2v) is 4.16. The highest BCUT2D eigenvalue weighted by Gasteiger charge is 2.10. The number of H-pyrrole nitrogens is 1. The molecule has 0 aliphatic rings. The van der Waals surface area contributed by atoms with Crippen LogP contribution >= 0.6 is 0 Å². The Morgan fingerprint density at radius 3 is 2.60 bits per heavy atom. The Hall–Kier alpha value is -2.76. The normalized spacial score (nSPS) is 11.5. The Bertz CT molecular complexity index is 811. The standard InChI is InChI=1S/C14H9F2N3O/c15-8-5-6-12(10(16)7-8)18-19-13-9-3-1-2-4-11(9)17-14(13)20/h1-7,17,20H. The third-order valence-corrected chi connectivity index (χ3v) is 2.83. The molecule has 0 bridgehead atoms. The number of fused-ring (bicyclic) bond motifs is 1. The maximum atomic E-state index is 13.4. The van der Waals surface area contributed by atoms with Crippen LogP contribution in [0.1, 0.15) is 0 Å². The van der Waals surface area contributed by atoms with E-state index in [2.05, 4.69) is 15.2 Å². The molecule has 0 aliphatic carbocycles. The minimum Gasteiger partial charge on any atom is -0.493 e. The van der Waals surface area contributed by atoms with E-state index in [1.807, 2.05) is 0 Å². The second-order valence-electron chi connectivity index (χ2n) is 4.16. The number of halogens is 2. The zero-order chi connectivity index (χ0) is 14.1. The van der Waals surface area contributed by atoms with E-state index in [9.17, 15) is 13.9 Å². The number of para-hydroxylation sites is 1. The smallest absolute Gasteiger partial charge is 0.218 e. The lowest BCUT2D eigenvalue weighted by atomic mass is 10.2. The molecule has 3 rings (SSSR count). The summed E-state index contributed by atoms with van der Waals surface area (Å²) < 4.78 is 26.2. The van der Waals surface area contributed by atoms with Crippen LogP contribution in [0.3, 0.4) is 0 Å². The molecule has 100 valence electrons. The van der Waals surface area contributed by atoms with Gasteiger partial charge in [-0.25, -0.2) is 8.78 Å². The number of rotatable bonds is 2. The monoisotopic (exact) mass is 273 g/mol. The average molecular weight is 273 g/mol. The molecule has 0 unspecified atom stereocenters. The molecular weight excluding hydrogens is 264 g/mol. The molecule has 1 aromatic heterocycles. The van der Waals surface area contributed by atoms with E-state index in [-0.39, 0.29) is 17.3 Å². The van der Waals surface area contributed by atoms with Gasteiger partial charge in [-0.1, -0.05) is 18.2 Å². The quantitative estimate of drug-likeness (QED) is 0.660. The lowest BCUT2D eigenvalue weighted by Crippen LogP contribution is -1.78. The van der Waals surface area contributed by atoms with Gasteiger partial charge in [0, 0.05) is 11.5 Å². The predicted octanol–water partition coefficient (Wildman–Crippen LogP) is 4.57. The number of benzene rings is 2. The number of nitrogens with one attached hydrogen (secondary N) is 1. The first-order chi connectivity index (χ1) is 9.65. The number of aromatic nitrogens is 1. The lowest BCUT2D eigenvalue weighted by Gasteiger charge is -1.95. The van der Waals surface area contributed by atoms with Crippen molar-refractivity contribution in [3.63, 3.8) is 0 Å². The van der Waals surface area contributed by atoms with Crippen LogP contribution in [0.15, 0.2) is 52.7 Å². The first kappa shape index (κ1) is 12.3. The summed E-state index contributed by atoms with van der Waals surface area (Å²) in [6.45, 7) is 0. The second kappa shape index (κ2) is 4.73. The van der Waals surface area contributed by atoms with Gasteiger partial charge in [0.25, 0.3) is 0 Å². The number of azo groups is 1. The maximum absolute atomic E-state index is 13.4. The third kappa shape index (κ3) is 2.11. The van der Waals surface area contributed by atoms with Crippen LogP contribution in [0.5, 0.6) is 5.88 Å². The molecule has 4 nitrogen and oxygen atoms in total. The van der Waals surface area contributed by atoms with Gasteiger partial charge in [-0.2, -0.15) is 0 Å². The first-order valence-corrected chi connectivity index (χ1v) is 5.81. The zero-order valence-electron chi connectivity index (χ0n) is 10.1. The molecule has 0 fully saturated rings. The summed E-state index contributed by atoms with van der Waals surface area (Å²) in [5.74, 6) is -1.65. The van der Waals surface area contributed by atoms with Gasteiger partial charge >= 0.3 is 0 Å². The molecule has 0 spiro atoms. The van der Waals surface area contributed by atoms with Gasteiger partial charge in [-0.05, 0) is 18.2 Å². The Morgan fingerprint density at radius 1 is 1.00 bits per heavy atom. The van der Waals surface area contributed by atoms with Crippen LogP contribution in [-0.2, 0) is 0 Å². The highest BCUT2D eigenvalue weighted by atomic mass is 19.1. The van der Waals surface area contributed by atoms with Crippen LogP contribution in [0.2, 0.25) is 0 Å². The van der Waals surface area contributed by atoms with E-state index in [1.165, 1.54) is 6.07 Å². The summed E-state index contributed by atoms with van der Waals surface area (Å²) in [5.41, 5.74) is 0.805. The number of aromatic amines is 1. The summed E-state index contributed by atoms with van der Waals surface area (Å²) in [7, 11) is 0. The molecular formula is C14H9F2N3O. The predicted molar refractivity (Wildman–Crippen MR) is 70.5 cm³/mol. The van der Waals surface area contributed by atoms with Gasteiger partial charge in [0.1, 0.15) is 11.5 Å².